The van der Waals surface area contributed by atoms with Crippen LogP contribution >= 0.6 is 0 Å². The fourth-order valence-electron chi connectivity index (χ4n) is 2.09. The van der Waals surface area contributed by atoms with E-state index in [1.807, 2.05) is 44.1 Å². The van der Waals surface area contributed by atoms with E-state index in [1.54, 1.807) is 37.3 Å². The van der Waals surface area contributed by atoms with Crippen molar-refractivity contribution in [1.29, 1.82) is 0 Å². The van der Waals surface area contributed by atoms with Crippen LogP contribution in [0.25, 0.3) is 0 Å². The van der Waals surface area contributed by atoms with Crippen molar-refractivity contribution in [3.05, 3.63) is 59.7 Å². The summed E-state index contributed by atoms with van der Waals surface area (Å²) in [7, 11) is 3.78. The molecule has 0 radical (unpaired) electrons. The third-order valence-corrected chi connectivity index (χ3v) is 3.63. The Hall–Kier alpha value is -3.02. The molecule has 1 unspecified atom stereocenters. The molecular formula is C19H23N3O3. The zero-order chi connectivity index (χ0) is 18.4. The first kappa shape index (κ1) is 18.3. The maximum Gasteiger partial charge on any atom is 0.279 e. The first-order chi connectivity index (χ1) is 11.9. The van der Waals surface area contributed by atoms with Gasteiger partial charge in [-0.25, -0.2) is 0 Å². The summed E-state index contributed by atoms with van der Waals surface area (Å²) in [6.07, 6.45) is -0.740. The molecule has 132 valence electrons. The molecule has 2 aromatic rings. The first-order valence-corrected chi connectivity index (χ1v) is 7.97. The molecule has 0 aliphatic carbocycles. The summed E-state index contributed by atoms with van der Waals surface area (Å²) in [4.78, 5) is 26.1. The largest absolute Gasteiger partial charge is 0.481 e. The number of amides is 2. The van der Waals surface area contributed by atoms with Crippen LogP contribution in [-0.4, -0.2) is 32.0 Å². The van der Waals surface area contributed by atoms with Gasteiger partial charge in [0.05, 0.1) is 0 Å². The minimum absolute atomic E-state index is 0.389. The number of aryl methyl sites for hydroxylation is 1. The summed E-state index contributed by atoms with van der Waals surface area (Å²) in [6.45, 7) is 3.59. The number of hydrazine groups is 1. The molecule has 2 N–H and O–H groups in total. The molecule has 0 heterocycles. The Morgan fingerprint density at radius 3 is 2.36 bits per heavy atom. The summed E-state index contributed by atoms with van der Waals surface area (Å²) >= 11 is 0. The van der Waals surface area contributed by atoms with Crippen LogP contribution in [0.4, 0.5) is 5.69 Å². The standard InChI is InChI=1S/C19H23N3O3/c1-13-8-10-17(11-9-13)25-14(2)18(23)20-21-19(24)15-6-5-7-16(12-15)22(3)4/h5-12,14H,1-4H3,(H,20,23)(H,21,24). The molecule has 0 fully saturated rings. The van der Waals surface area contributed by atoms with Crippen molar-refractivity contribution in [3.63, 3.8) is 0 Å². The fourth-order valence-corrected chi connectivity index (χ4v) is 2.09. The average molecular weight is 341 g/mol. The highest BCUT2D eigenvalue weighted by Crippen LogP contribution is 2.14. The number of anilines is 1. The molecule has 2 amide bonds. The van der Waals surface area contributed by atoms with Gasteiger partial charge in [0.25, 0.3) is 11.8 Å². The van der Waals surface area contributed by atoms with Crippen LogP contribution in [0.3, 0.4) is 0 Å². The number of hydrogen-bond donors (Lipinski definition) is 2. The van der Waals surface area contributed by atoms with E-state index in [1.165, 1.54) is 0 Å². The lowest BCUT2D eigenvalue weighted by Crippen LogP contribution is -2.47. The summed E-state index contributed by atoms with van der Waals surface area (Å²) in [6, 6.07) is 14.5. The third kappa shape index (κ3) is 5.24. The van der Waals surface area contributed by atoms with Gasteiger partial charge in [0.15, 0.2) is 6.10 Å². The minimum Gasteiger partial charge on any atom is -0.481 e. The van der Waals surface area contributed by atoms with Crippen LogP contribution in [0, 0.1) is 6.92 Å². The monoisotopic (exact) mass is 341 g/mol. The van der Waals surface area contributed by atoms with Gasteiger partial charge in [0.1, 0.15) is 5.75 Å². The van der Waals surface area contributed by atoms with Crippen molar-refractivity contribution < 1.29 is 14.3 Å². The van der Waals surface area contributed by atoms with E-state index in [4.69, 9.17) is 4.74 Å². The Labute approximate surface area is 147 Å². The molecule has 0 saturated heterocycles. The summed E-state index contributed by atoms with van der Waals surface area (Å²) in [5.41, 5.74) is 7.25. The number of carbonyl (C=O) groups is 2. The van der Waals surface area contributed by atoms with E-state index in [-0.39, 0.29) is 5.91 Å². The van der Waals surface area contributed by atoms with Crippen LogP contribution < -0.4 is 20.5 Å². The normalized spacial score (nSPS) is 11.4. The number of benzene rings is 2. The van der Waals surface area contributed by atoms with Crippen molar-refractivity contribution in [1.82, 2.24) is 10.9 Å². The Kier molecular flexibility index (Phi) is 6.00. The summed E-state index contributed by atoms with van der Waals surface area (Å²) < 4.78 is 5.55. The van der Waals surface area contributed by atoms with Gasteiger partial charge < -0.3 is 9.64 Å². The maximum absolute atomic E-state index is 12.2. The summed E-state index contributed by atoms with van der Waals surface area (Å²) in [5, 5.41) is 0. The van der Waals surface area contributed by atoms with E-state index in [2.05, 4.69) is 10.9 Å². The topological polar surface area (TPSA) is 70.7 Å². The number of nitrogens with one attached hydrogen (secondary N) is 2. The van der Waals surface area contributed by atoms with Gasteiger partial charge in [-0.05, 0) is 44.2 Å². The molecule has 25 heavy (non-hydrogen) atoms. The van der Waals surface area contributed by atoms with Crippen molar-refractivity contribution in [3.8, 4) is 5.75 Å². The maximum atomic E-state index is 12.2. The SMILES string of the molecule is Cc1ccc(OC(C)C(=O)NNC(=O)c2cccc(N(C)C)c2)cc1. The van der Waals surface area contributed by atoms with Gasteiger partial charge in [0, 0.05) is 25.3 Å². The van der Waals surface area contributed by atoms with Crippen molar-refractivity contribution in [2.45, 2.75) is 20.0 Å². The molecule has 1 atom stereocenters. The van der Waals surface area contributed by atoms with Gasteiger partial charge in [-0.3, -0.25) is 20.4 Å². The van der Waals surface area contributed by atoms with E-state index in [0.29, 0.717) is 11.3 Å². The Balaban J connectivity index is 1.89. The van der Waals surface area contributed by atoms with E-state index >= 15 is 0 Å². The molecule has 6 heteroatoms. The molecule has 2 aromatic carbocycles. The fraction of sp³-hybridized carbons (Fsp3) is 0.263. The Bertz CT molecular complexity index is 742. The molecule has 2 rings (SSSR count). The van der Waals surface area contributed by atoms with Crippen LogP contribution in [0.1, 0.15) is 22.8 Å². The zero-order valence-electron chi connectivity index (χ0n) is 14.9. The zero-order valence-corrected chi connectivity index (χ0v) is 14.9. The quantitative estimate of drug-likeness (QED) is 0.819. The van der Waals surface area contributed by atoms with Gasteiger partial charge in [-0.2, -0.15) is 0 Å². The number of nitrogens with zero attached hydrogens (tertiary/aromatic N) is 1. The summed E-state index contributed by atoms with van der Waals surface area (Å²) in [5.74, 6) is -0.226. The second kappa shape index (κ2) is 8.19. The number of carbonyl (C=O) groups excluding carboxylic acids is 2. The lowest BCUT2D eigenvalue weighted by atomic mass is 10.2. The van der Waals surface area contributed by atoms with Crippen LogP contribution in [0.5, 0.6) is 5.75 Å². The van der Waals surface area contributed by atoms with Crippen molar-refractivity contribution in [2.75, 3.05) is 19.0 Å². The highest BCUT2D eigenvalue weighted by Gasteiger charge is 2.16. The van der Waals surface area contributed by atoms with Crippen LogP contribution in [0.2, 0.25) is 0 Å². The number of ether oxygens (including phenoxy) is 1. The minimum atomic E-state index is -0.740. The van der Waals surface area contributed by atoms with Gasteiger partial charge in [-0.1, -0.05) is 23.8 Å². The molecule has 0 saturated carbocycles. The molecule has 0 aliphatic heterocycles. The average Bonchev–Trinajstić information content (AvgIpc) is 2.61. The molecule has 0 spiro atoms. The molecule has 0 aliphatic rings. The van der Waals surface area contributed by atoms with Crippen LogP contribution in [0.15, 0.2) is 48.5 Å². The van der Waals surface area contributed by atoms with Crippen molar-refractivity contribution >= 4 is 17.5 Å². The Morgan fingerprint density at radius 1 is 1.04 bits per heavy atom. The molecular weight excluding hydrogens is 318 g/mol. The van der Waals surface area contributed by atoms with E-state index in [9.17, 15) is 9.59 Å². The molecule has 0 bridgehead atoms. The second-order valence-corrected chi connectivity index (χ2v) is 5.96. The molecule has 6 nitrogen and oxygen atoms in total. The van der Waals surface area contributed by atoms with E-state index in [0.717, 1.165) is 11.3 Å². The number of hydrogen-bond acceptors (Lipinski definition) is 4. The van der Waals surface area contributed by atoms with Crippen LogP contribution in [-0.2, 0) is 4.79 Å². The highest BCUT2D eigenvalue weighted by molar-refractivity contribution is 5.96. The van der Waals surface area contributed by atoms with Crippen molar-refractivity contribution in [2.24, 2.45) is 0 Å². The van der Waals surface area contributed by atoms with Gasteiger partial charge >= 0.3 is 0 Å². The number of rotatable bonds is 5. The van der Waals surface area contributed by atoms with Gasteiger partial charge in [-0.15, -0.1) is 0 Å². The highest BCUT2D eigenvalue weighted by atomic mass is 16.5. The second-order valence-electron chi connectivity index (χ2n) is 5.96. The smallest absolute Gasteiger partial charge is 0.279 e. The first-order valence-electron chi connectivity index (χ1n) is 7.97. The predicted molar refractivity (Wildman–Crippen MR) is 97.6 cm³/mol. The predicted octanol–water partition coefficient (Wildman–Crippen LogP) is 2.29. The van der Waals surface area contributed by atoms with E-state index < -0.39 is 12.0 Å². The lowest BCUT2D eigenvalue weighted by Gasteiger charge is -2.16. The third-order valence-electron chi connectivity index (χ3n) is 3.63. The lowest BCUT2D eigenvalue weighted by molar-refractivity contribution is -0.128. The Morgan fingerprint density at radius 2 is 1.72 bits per heavy atom. The van der Waals surface area contributed by atoms with Gasteiger partial charge in [0.2, 0.25) is 0 Å². The molecule has 0 aromatic heterocycles.